The Hall–Kier alpha value is -0.750. The van der Waals surface area contributed by atoms with Gasteiger partial charge in [0, 0.05) is 15.1 Å². The van der Waals surface area contributed by atoms with Gasteiger partial charge in [-0.05, 0) is 51.3 Å². The zero-order chi connectivity index (χ0) is 14.4. The van der Waals surface area contributed by atoms with Gasteiger partial charge in [0.25, 0.3) is 0 Å². The number of rotatable bonds is 6. The highest BCUT2D eigenvalue weighted by atomic mass is 79.9. The number of pyridine rings is 1. The number of hydrogen-bond acceptors (Lipinski definition) is 4. The lowest BCUT2D eigenvalue weighted by Gasteiger charge is -2.14. The van der Waals surface area contributed by atoms with E-state index in [-0.39, 0.29) is 18.1 Å². The van der Waals surface area contributed by atoms with Crippen LogP contribution in [0.15, 0.2) is 21.2 Å². The fraction of sp³-hybridized carbons (Fsp3) is 0.462. The first-order valence-electron chi connectivity index (χ1n) is 6.03. The average molecular weight is 393 g/mol. The molecule has 104 valence electrons. The van der Waals surface area contributed by atoms with E-state index in [9.17, 15) is 9.59 Å². The van der Waals surface area contributed by atoms with Crippen molar-refractivity contribution in [2.45, 2.75) is 26.7 Å². The molecule has 1 unspecified atom stereocenters. The van der Waals surface area contributed by atoms with Crippen LogP contribution in [0.5, 0.6) is 0 Å². The number of aromatic nitrogens is 1. The molecule has 0 spiro atoms. The summed E-state index contributed by atoms with van der Waals surface area (Å²) in [6.07, 6.45) is 2.72. The first-order valence-corrected chi connectivity index (χ1v) is 7.61. The molecule has 6 heteroatoms. The lowest BCUT2D eigenvalue weighted by molar-refractivity contribution is -0.146. The van der Waals surface area contributed by atoms with E-state index in [1.807, 2.05) is 6.92 Å². The van der Waals surface area contributed by atoms with Crippen molar-refractivity contribution in [3.8, 4) is 0 Å². The number of ketones is 1. The summed E-state index contributed by atoms with van der Waals surface area (Å²) in [7, 11) is 0. The summed E-state index contributed by atoms with van der Waals surface area (Å²) in [5.74, 6) is -1.57. The van der Waals surface area contributed by atoms with E-state index in [1.165, 1.54) is 6.20 Å². The van der Waals surface area contributed by atoms with E-state index in [4.69, 9.17) is 4.74 Å². The highest BCUT2D eigenvalue weighted by molar-refractivity contribution is 9.11. The van der Waals surface area contributed by atoms with E-state index in [2.05, 4.69) is 36.8 Å². The minimum absolute atomic E-state index is 0.259. The van der Waals surface area contributed by atoms with Crippen molar-refractivity contribution in [2.24, 2.45) is 5.92 Å². The molecule has 0 saturated heterocycles. The molecular weight excluding hydrogens is 378 g/mol. The van der Waals surface area contributed by atoms with Gasteiger partial charge >= 0.3 is 5.97 Å². The zero-order valence-electron chi connectivity index (χ0n) is 10.8. The number of hydrogen-bond donors (Lipinski definition) is 0. The molecule has 0 fully saturated rings. The molecule has 19 heavy (non-hydrogen) atoms. The Labute approximate surface area is 129 Å². The maximum absolute atomic E-state index is 12.4. The molecule has 0 N–H and O–H groups in total. The molecule has 1 heterocycles. The maximum atomic E-state index is 12.4. The summed E-state index contributed by atoms with van der Waals surface area (Å²) in [5.41, 5.74) is 0.259. The largest absolute Gasteiger partial charge is 0.465 e. The third-order valence-electron chi connectivity index (χ3n) is 2.51. The topological polar surface area (TPSA) is 56.3 Å². The van der Waals surface area contributed by atoms with E-state index in [0.717, 1.165) is 10.9 Å². The summed E-state index contributed by atoms with van der Waals surface area (Å²) in [4.78, 5) is 28.3. The number of Topliss-reactive ketones (excluding diaryl/α,β-unsaturated/α-hetero) is 1. The summed E-state index contributed by atoms with van der Waals surface area (Å²) >= 11 is 6.56. The number of halogens is 2. The molecule has 0 bridgehead atoms. The predicted octanol–water partition coefficient (Wildman–Crippen LogP) is 3.77. The summed E-state index contributed by atoms with van der Waals surface area (Å²) in [6.45, 7) is 3.91. The van der Waals surface area contributed by atoms with Gasteiger partial charge in [-0.1, -0.05) is 13.3 Å². The molecule has 0 aliphatic heterocycles. The standard InChI is InChI=1S/C13H15Br2NO3/c1-3-5-9(13(18)19-4-2)12(17)11-10(15)6-8(14)7-16-11/h6-7,9H,3-5H2,1-2H3. The monoisotopic (exact) mass is 391 g/mol. The van der Waals surface area contributed by atoms with Gasteiger partial charge in [0.15, 0.2) is 5.78 Å². The van der Waals surface area contributed by atoms with Crippen LogP contribution in [0.25, 0.3) is 0 Å². The van der Waals surface area contributed by atoms with Crippen LogP contribution in [0.3, 0.4) is 0 Å². The van der Waals surface area contributed by atoms with Crippen molar-refractivity contribution in [1.82, 2.24) is 4.98 Å². The molecule has 0 amide bonds. The van der Waals surface area contributed by atoms with Gasteiger partial charge in [0.05, 0.1) is 6.61 Å². The highest BCUT2D eigenvalue weighted by Gasteiger charge is 2.30. The average Bonchev–Trinajstić information content (AvgIpc) is 2.35. The van der Waals surface area contributed by atoms with E-state index in [1.54, 1.807) is 13.0 Å². The molecule has 0 aromatic carbocycles. The Bertz CT molecular complexity index is 477. The molecule has 0 radical (unpaired) electrons. The lowest BCUT2D eigenvalue weighted by atomic mass is 9.96. The Morgan fingerprint density at radius 2 is 2.05 bits per heavy atom. The fourth-order valence-electron chi connectivity index (χ4n) is 1.65. The third-order valence-corrected chi connectivity index (χ3v) is 3.54. The van der Waals surface area contributed by atoms with Crippen molar-refractivity contribution in [1.29, 1.82) is 0 Å². The Kier molecular flexibility index (Phi) is 6.65. The molecule has 0 saturated carbocycles. The highest BCUT2D eigenvalue weighted by Crippen LogP contribution is 2.24. The molecule has 1 rings (SSSR count). The van der Waals surface area contributed by atoms with Gasteiger partial charge in [-0.3, -0.25) is 14.6 Å². The van der Waals surface area contributed by atoms with Crippen LogP contribution >= 0.6 is 31.9 Å². The molecule has 1 aromatic heterocycles. The van der Waals surface area contributed by atoms with Crippen molar-refractivity contribution in [3.63, 3.8) is 0 Å². The van der Waals surface area contributed by atoms with E-state index in [0.29, 0.717) is 10.9 Å². The van der Waals surface area contributed by atoms with Crippen molar-refractivity contribution in [3.05, 3.63) is 26.9 Å². The minimum atomic E-state index is -0.782. The van der Waals surface area contributed by atoms with Crippen LogP contribution in [-0.2, 0) is 9.53 Å². The van der Waals surface area contributed by atoms with Crippen LogP contribution in [0.2, 0.25) is 0 Å². The van der Waals surface area contributed by atoms with Crippen LogP contribution in [0.1, 0.15) is 37.2 Å². The van der Waals surface area contributed by atoms with E-state index < -0.39 is 11.9 Å². The van der Waals surface area contributed by atoms with Crippen molar-refractivity contribution >= 4 is 43.6 Å². The van der Waals surface area contributed by atoms with Gasteiger partial charge in [-0.2, -0.15) is 0 Å². The van der Waals surface area contributed by atoms with Gasteiger partial charge in [0.1, 0.15) is 11.6 Å². The van der Waals surface area contributed by atoms with Gasteiger partial charge in [-0.25, -0.2) is 0 Å². The van der Waals surface area contributed by atoms with Crippen LogP contribution < -0.4 is 0 Å². The number of esters is 1. The molecule has 0 aliphatic rings. The maximum Gasteiger partial charge on any atom is 0.316 e. The first kappa shape index (κ1) is 16.3. The second kappa shape index (κ2) is 7.75. The summed E-state index contributed by atoms with van der Waals surface area (Å²) < 4.78 is 6.28. The second-order valence-electron chi connectivity index (χ2n) is 3.94. The summed E-state index contributed by atoms with van der Waals surface area (Å²) in [6, 6.07) is 1.73. The first-order chi connectivity index (χ1) is 9.01. The van der Waals surface area contributed by atoms with E-state index >= 15 is 0 Å². The number of carbonyl (C=O) groups excluding carboxylic acids is 2. The Balaban J connectivity index is 3.02. The summed E-state index contributed by atoms with van der Waals surface area (Å²) in [5, 5.41) is 0. The Morgan fingerprint density at radius 1 is 1.37 bits per heavy atom. The number of carbonyl (C=O) groups is 2. The van der Waals surface area contributed by atoms with Crippen LogP contribution in [0, 0.1) is 5.92 Å². The molecule has 0 aliphatic carbocycles. The quantitative estimate of drug-likeness (QED) is 0.420. The van der Waals surface area contributed by atoms with Gasteiger partial charge < -0.3 is 4.74 Å². The van der Waals surface area contributed by atoms with Gasteiger partial charge in [-0.15, -0.1) is 0 Å². The third kappa shape index (κ3) is 4.38. The smallest absolute Gasteiger partial charge is 0.316 e. The zero-order valence-corrected chi connectivity index (χ0v) is 14.0. The molecule has 1 atom stereocenters. The Morgan fingerprint density at radius 3 is 2.58 bits per heavy atom. The molecule has 1 aromatic rings. The van der Waals surface area contributed by atoms with Crippen LogP contribution in [0.4, 0.5) is 0 Å². The SMILES string of the molecule is CCCC(C(=O)OCC)C(=O)c1ncc(Br)cc1Br. The van der Waals surface area contributed by atoms with Crippen LogP contribution in [-0.4, -0.2) is 23.3 Å². The fourth-order valence-corrected chi connectivity index (χ4v) is 2.83. The predicted molar refractivity (Wildman–Crippen MR) is 79.0 cm³/mol. The van der Waals surface area contributed by atoms with Crippen molar-refractivity contribution < 1.29 is 14.3 Å². The lowest BCUT2D eigenvalue weighted by Crippen LogP contribution is -2.27. The van der Waals surface area contributed by atoms with Gasteiger partial charge in [0.2, 0.25) is 0 Å². The minimum Gasteiger partial charge on any atom is -0.465 e. The number of ether oxygens (including phenoxy) is 1. The second-order valence-corrected chi connectivity index (χ2v) is 5.71. The number of nitrogens with zero attached hydrogens (tertiary/aromatic N) is 1. The molecule has 4 nitrogen and oxygen atoms in total. The molecular formula is C13H15Br2NO3. The normalized spacial score (nSPS) is 12.0. The van der Waals surface area contributed by atoms with Crippen molar-refractivity contribution in [2.75, 3.05) is 6.61 Å².